The van der Waals surface area contributed by atoms with E-state index in [0.717, 1.165) is 25.9 Å². The zero-order valence-electron chi connectivity index (χ0n) is 14.8. The van der Waals surface area contributed by atoms with Crippen LogP contribution < -0.4 is 15.1 Å². The van der Waals surface area contributed by atoms with Crippen LogP contribution in [-0.2, 0) is 0 Å². The van der Waals surface area contributed by atoms with Crippen molar-refractivity contribution in [3.8, 4) is 0 Å². The molecule has 26 heavy (non-hydrogen) atoms. The quantitative estimate of drug-likeness (QED) is 0.655. The van der Waals surface area contributed by atoms with Gasteiger partial charge in [0.15, 0.2) is 5.82 Å². The van der Waals surface area contributed by atoms with Crippen LogP contribution in [0.25, 0.3) is 0 Å². The van der Waals surface area contributed by atoms with Crippen molar-refractivity contribution < 1.29 is 9.72 Å². The predicted octanol–water partition coefficient (Wildman–Crippen LogP) is 2.91. The molecule has 0 radical (unpaired) electrons. The summed E-state index contributed by atoms with van der Waals surface area (Å²) in [5.41, 5.74) is 1.32. The minimum atomic E-state index is -0.431. The van der Waals surface area contributed by atoms with Gasteiger partial charge in [0.2, 0.25) is 0 Å². The minimum absolute atomic E-state index is 0.0430. The Bertz CT molecular complexity index is 831. The van der Waals surface area contributed by atoms with Crippen molar-refractivity contribution in [2.24, 2.45) is 0 Å². The number of benzene rings is 1. The first-order valence-corrected chi connectivity index (χ1v) is 8.44. The molecule has 8 nitrogen and oxygen atoms in total. The number of nitro groups is 1. The predicted molar refractivity (Wildman–Crippen MR) is 101 cm³/mol. The minimum Gasteiger partial charge on any atom is -0.366 e. The maximum Gasteiger partial charge on any atom is 0.293 e. The number of pyridine rings is 1. The van der Waals surface area contributed by atoms with Crippen LogP contribution in [0, 0.1) is 10.1 Å². The van der Waals surface area contributed by atoms with E-state index in [1.54, 1.807) is 35.4 Å². The molecule has 1 aliphatic rings. The van der Waals surface area contributed by atoms with Crippen LogP contribution in [0.15, 0.2) is 36.5 Å². The van der Waals surface area contributed by atoms with Gasteiger partial charge in [-0.3, -0.25) is 14.9 Å². The van der Waals surface area contributed by atoms with Gasteiger partial charge in [-0.25, -0.2) is 4.98 Å². The highest BCUT2D eigenvalue weighted by Crippen LogP contribution is 2.32. The van der Waals surface area contributed by atoms with Gasteiger partial charge in [0, 0.05) is 45.0 Å². The van der Waals surface area contributed by atoms with Crippen LogP contribution in [-0.4, -0.2) is 43.0 Å². The molecular weight excluding hydrogens is 334 g/mol. The van der Waals surface area contributed by atoms with Crippen molar-refractivity contribution in [2.75, 3.05) is 42.3 Å². The third-order valence-corrected chi connectivity index (χ3v) is 4.34. The lowest BCUT2D eigenvalue weighted by molar-refractivity contribution is -0.384. The van der Waals surface area contributed by atoms with Crippen molar-refractivity contribution in [1.82, 2.24) is 4.98 Å². The van der Waals surface area contributed by atoms with Gasteiger partial charge < -0.3 is 15.1 Å². The second kappa shape index (κ2) is 7.38. The Morgan fingerprint density at radius 3 is 2.65 bits per heavy atom. The molecule has 0 bridgehead atoms. The molecule has 8 heteroatoms. The lowest BCUT2D eigenvalue weighted by atomic mass is 10.1. The second-order valence-corrected chi connectivity index (χ2v) is 6.38. The molecule has 1 N–H and O–H groups in total. The summed E-state index contributed by atoms with van der Waals surface area (Å²) >= 11 is 0. The zero-order chi connectivity index (χ0) is 18.7. The molecule has 0 atom stereocenters. The molecule has 0 aliphatic carbocycles. The fraction of sp³-hybridized carbons (Fsp3) is 0.333. The molecule has 2 heterocycles. The number of rotatable bonds is 5. The van der Waals surface area contributed by atoms with Gasteiger partial charge in [-0.2, -0.15) is 0 Å². The summed E-state index contributed by atoms with van der Waals surface area (Å²) in [4.78, 5) is 31.7. The number of carbonyl (C=O) groups is 1. The van der Waals surface area contributed by atoms with Gasteiger partial charge >= 0.3 is 0 Å². The van der Waals surface area contributed by atoms with Crippen LogP contribution in [0.1, 0.15) is 23.2 Å². The van der Waals surface area contributed by atoms with Gasteiger partial charge in [-0.1, -0.05) is 0 Å². The highest BCUT2D eigenvalue weighted by Gasteiger charge is 2.24. The van der Waals surface area contributed by atoms with Crippen LogP contribution in [0.3, 0.4) is 0 Å². The first kappa shape index (κ1) is 17.7. The normalized spacial score (nSPS) is 13.5. The van der Waals surface area contributed by atoms with Crippen molar-refractivity contribution >= 4 is 28.8 Å². The fourth-order valence-electron chi connectivity index (χ4n) is 3.08. The molecule has 1 aliphatic heterocycles. The molecule has 1 aromatic carbocycles. The van der Waals surface area contributed by atoms with Gasteiger partial charge in [0.1, 0.15) is 5.69 Å². The Morgan fingerprint density at radius 2 is 2.00 bits per heavy atom. The van der Waals surface area contributed by atoms with Gasteiger partial charge in [0.05, 0.1) is 10.6 Å². The summed E-state index contributed by atoms with van der Waals surface area (Å²) in [5.74, 6) is 0.209. The smallest absolute Gasteiger partial charge is 0.293 e. The Balaban J connectivity index is 1.88. The average molecular weight is 355 g/mol. The van der Waals surface area contributed by atoms with E-state index < -0.39 is 10.8 Å². The van der Waals surface area contributed by atoms with E-state index in [2.05, 4.69) is 10.3 Å². The van der Waals surface area contributed by atoms with Crippen LogP contribution in [0.5, 0.6) is 0 Å². The average Bonchev–Trinajstić information content (AvgIpc) is 3.16. The number of amides is 1. The van der Waals surface area contributed by atoms with E-state index in [1.807, 2.05) is 19.0 Å². The summed E-state index contributed by atoms with van der Waals surface area (Å²) < 4.78 is 0. The Kier molecular flexibility index (Phi) is 5.01. The summed E-state index contributed by atoms with van der Waals surface area (Å²) in [6, 6.07) is 8.10. The number of hydrogen-bond acceptors (Lipinski definition) is 6. The number of hydrogen-bond donors (Lipinski definition) is 1. The Labute approximate surface area is 151 Å². The highest BCUT2D eigenvalue weighted by molar-refractivity contribution is 6.06. The molecule has 0 unspecified atom stereocenters. The SMILES string of the molecule is CN(C)c1ncccc1NC(=O)c1ccc(N2CCCC2)c([N+](=O)[O-])c1. The summed E-state index contributed by atoms with van der Waals surface area (Å²) in [6.07, 6.45) is 3.68. The van der Waals surface area contributed by atoms with Crippen molar-refractivity contribution in [1.29, 1.82) is 0 Å². The maximum absolute atomic E-state index is 12.6. The van der Waals surface area contributed by atoms with Crippen molar-refractivity contribution in [2.45, 2.75) is 12.8 Å². The number of nitrogens with one attached hydrogen (secondary N) is 1. The van der Waals surface area contributed by atoms with Crippen LogP contribution in [0.4, 0.5) is 22.9 Å². The monoisotopic (exact) mass is 355 g/mol. The molecule has 1 amide bonds. The molecule has 1 saturated heterocycles. The van der Waals surface area contributed by atoms with Crippen LogP contribution in [0.2, 0.25) is 0 Å². The molecule has 3 rings (SSSR count). The third kappa shape index (κ3) is 3.58. The van der Waals surface area contributed by atoms with E-state index in [4.69, 9.17) is 0 Å². The summed E-state index contributed by atoms with van der Waals surface area (Å²) in [5, 5.41) is 14.3. The molecule has 0 spiro atoms. The molecule has 1 fully saturated rings. The number of anilines is 3. The molecule has 1 aromatic heterocycles. The Morgan fingerprint density at radius 1 is 1.27 bits per heavy atom. The van der Waals surface area contributed by atoms with Gasteiger partial charge in [-0.05, 0) is 37.1 Å². The molecule has 136 valence electrons. The summed E-state index contributed by atoms with van der Waals surface area (Å²) in [6.45, 7) is 1.60. The molecular formula is C18H21N5O3. The molecule has 2 aromatic rings. The fourth-order valence-corrected chi connectivity index (χ4v) is 3.08. The third-order valence-electron chi connectivity index (χ3n) is 4.34. The standard InChI is InChI=1S/C18H21N5O3/c1-21(2)17-14(6-5-9-19-17)20-18(24)13-7-8-15(16(12-13)23(25)26)22-10-3-4-11-22/h5-9,12H,3-4,10-11H2,1-2H3,(H,20,24). The largest absolute Gasteiger partial charge is 0.366 e. The van der Waals surface area contributed by atoms with E-state index in [9.17, 15) is 14.9 Å². The zero-order valence-corrected chi connectivity index (χ0v) is 14.8. The first-order chi connectivity index (χ1) is 12.5. The van der Waals surface area contributed by atoms with E-state index >= 15 is 0 Å². The van der Waals surface area contributed by atoms with E-state index in [1.165, 1.54) is 6.07 Å². The van der Waals surface area contributed by atoms with E-state index in [-0.39, 0.29) is 11.3 Å². The summed E-state index contributed by atoms with van der Waals surface area (Å²) in [7, 11) is 3.65. The van der Waals surface area contributed by atoms with E-state index in [0.29, 0.717) is 17.2 Å². The van der Waals surface area contributed by atoms with Crippen LogP contribution >= 0.6 is 0 Å². The topological polar surface area (TPSA) is 91.6 Å². The number of aromatic nitrogens is 1. The molecule has 0 saturated carbocycles. The highest BCUT2D eigenvalue weighted by atomic mass is 16.6. The number of carbonyl (C=O) groups excluding carboxylic acids is 1. The second-order valence-electron chi connectivity index (χ2n) is 6.38. The number of nitro benzene ring substituents is 1. The maximum atomic E-state index is 12.6. The lowest BCUT2D eigenvalue weighted by Crippen LogP contribution is -2.20. The van der Waals surface area contributed by atoms with Gasteiger partial charge in [-0.15, -0.1) is 0 Å². The van der Waals surface area contributed by atoms with Crippen molar-refractivity contribution in [3.63, 3.8) is 0 Å². The van der Waals surface area contributed by atoms with Crippen molar-refractivity contribution in [3.05, 3.63) is 52.2 Å². The first-order valence-electron chi connectivity index (χ1n) is 8.44. The van der Waals surface area contributed by atoms with Gasteiger partial charge in [0.25, 0.3) is 11.6 Å². The lowest BCUT2D eigenvalue weighted by Gasteiger charge is -2.18. The number of nitrogens with zero attached hydrogens (tertiary/aromatic N) is 4. The Hall–Kier alpha value is -3.16.